The van der Waals surface area contributed by atoms with Crippen LogP contribution in [0.1, 0.15) is 17.1 Å². The number of ether oxygens (including phenoxy) is 2. The van der Waals surface area contributed by atoms with Crippen molar-refractivity contribution in [1.29, 1.82) is 0 Å². The maximum absolute atomic E-state index is 12.5. The molecule has 0 aliphatic heterocycles. The van der Waals surface area contributed by atoms with Gasteiger partial charge in [-0.2, -0.15) is 0 Å². The molecule has 2 rings (SSSR count). The number of esters is 2. The molecule has 2 aromatic rings. The molecule has 2 heterocycles. The number of rotatable bonds is 6. The Morgan fingerprint density at radius 2 is 1.71 bits per heavy atom. The van der Waals surface area contributed by atoms with Crippen molar-refractivity contribution in [3.8, 4) is 0 Å². The Morgan fingerprint density at radius 3 is 2.21 bits per heavy atom. The molecule has 0 unspecified atom stereocenters. The lowest BCUT2D eigenvalue weighted by atomic mass is 9.79. The van der Waals surface area contributed by atoms with Crippen LogP contribution in [0.4, 0.5) is 0 Å². The van der Waals surface area contributed by atoms with Gasteiger partial charge in [0.1, 0.15) is 11.5 Å². The van der Waals surface area contributed by atoms with Gasteiger partial charge in [0.05, 0.1) is 20.5 Å². The first-order valence-corrected chi connectivity index (χ1v) is 7.21. The summed E-state index contributed by atoms with van der Waals surface area (Å²) in [6.07, 6.45) is 1.16. The fraction of sp³-hybridized carbons (Fsp3) is 0.353. The van der Waals surface area contributed by atoms with Gasteiger partial charge in [0.15, 0.2) is 5.41 Å². The van der Waals surface area contributed by atoms with Crippen LogP contribution in [0.3, 0.4) is 0 Å². The summed E-state index contributed by atoms with van der Waals surface area (Å²) < 4.78 is 20.0. The van der Waals surface area contributed by atoms with E-state index < -0.39 is 23.0 Å². The molecule has 0 aliphatic carbocycles. The van der Waals surface area contributed by atoms with Crippen molar-refractivity contribution >= 4 is 11.9 Å². The molecular weight excluding hydrogens is 316 g/mol. The first-order valence-electron chi connectivity index (χ1n) is 7.21. The molecule has 0 fully saturated rings. The van der Waals surface area contributed by atoms with Gasteiger partial charge in [-0.1, -0.05) is 0 Å². The second kappa shape index (κ2) is 7.16. The average Bonchev–Trinajstić information content (AvgIpc) is 3.04. The first-order chi connectivity index (χ1) is 11.4. The fourth-order valence-corrected chi connectivity index (χ4v) is 2.59. The zero-order valence-corrected chi connectivity index (χ0v) is 13.7. The number of carbonyl (C=O) groups excluding carboxylic acids is 2. The van der Waals surface area contributed by atoms with Gasteiger partial charge in [-0.3, -0.25) is 9.59 Å². The van der Waals surface area contributed by atoms with Crippen molar-refractivity contribution in [3.63, 3.8) is 0 Å². The lowest BCUT2D eigenvalue weighted by Crippen LogP contribution is -2.45. The maximum atomic E-state index is 12.5. The van der Waals surface area contributed by atoms with Crippen molar-refractivity contribution < 1.29 is 27.9 Å². The SMILES string of the molecule is COC(=O)C(Cc1ccco1)(Cc1cc(C)cc(=O)o1)C(=O)OC. The molecule has 0 N–H and O–H groups in total. The third-order valence-corrected chi connectivity index (χ3v) is 3.65. The highest BCUT2D eigenvalue weighted by atomic mass is 16.5. The summed E-state index contributed by atoms with van der Waals surface area (Å²) in [6.45, 7) is 1.71. The van der Waals surface area contributed by atoms with E-state index in [1.807, 2.05) is 0 Å². The van der Waals surface area contributed by atoms with E-state index in [1.54, 1.807) is 25.1 Å². The van der Waals surface area contributed by atoms with Crippen LogP contribution >= 0.6 is 0 Å². The molecule has 7 heteroatoms. The van der Waals surface area contributed by atoms with E-state index >= 15 is 0 Å². The molecule has 0 spiro atoms. The third-order valence-electron chi connectivity index (χ3n) is 3.65. The smallest absolute Gasteiger partial charge is 0.336 e. The summed E-state index contributed by atoms with van der Waals surface area (Å²) in [5.74, 6) is -1.01. The van der Waals surface area contributed by atoms with E-state index in [1.165, 1.54) is 26.5 Å². The normalized spacial score (nSPS) is 11.1. The fourth-order valence-electron chi connectivity index (χ4n) is 2.59. The predicted octanol–water partition coefficient (Wildman–Crippen LogP) is 1.66. The second-order valence-corrected chi connectivity index (χ2v) is 5.42. The number of methoxy groups -OCH3 is 2. The van der Waals surface area contributed by atoms with Gasteiger partial charge >= 0.3 is 17.6 Å². The van der Waals surface area contributed by atoms with Crippen LogP contribution in [0.5, 0.6) is 0 Å². The largest absolute Gasteiger partial charge is 0.469 e. The number of aryl methyl sites for hydroxylation is 1. The van der Waals surface area contributed by atoms with Crippen LogP contribution in [0.2, 0.25) is 0 Å². The topological polar surface area (TPSA) is 96.0 Å². The van der Waals surface area contributed by atoms with Crippen molar-refractivity contribution in [2.24, 2.45) is 5.41 Å². The van der Waals surface area contributed by atoms with Crippen LogP contribution in [0.25, 0.3) is 0 Å². The Balaban J connectivity index is 2.52. The van der Waals surface area contributed by atoms with Gasteiger partial charge in [0.2, 0.25) is 0 Å². The zero-order chi connectivity index (χ0) is 17.7. The van der Waals surface area contributed by atoms with Gasteiger partial charge < -0.3 is 18.3 Å². The zero-order valence-electron chi connectivity index (χ0n) is 13.7. The Morgan fingerprint density at radius 1 is 1.08 bits per heavy atom. The van der Waals surface area contributed by atoms with E-state index in [9.17, 15) is 14.4 Å². The van der Waals surface area contributed by atoms with Gasteiger partial charge in [-0.05, 0) is 30.7 Å². The third kappa shape index (κ3) is 3.56. The molecule has 128 valence electrons. The highest BCUT2D eigenvalue weighted by Gasteiger charge is 2.50. The number of furan rings is 1. The standard InChI is InChI=1S/C17H18O7/c1-11-7-13(24-14(18)8-11)10-17(15(19)21-2,16(20)22-3)9-12-5-4-6-23-12/h4-8H,9-10H2,1-3H3. The quantitative estimate of drug-likeness (QED) is 0.585. The monoisotopic (exact) mass is 334 g/mol. The van der Waals surface area contributed by atoms with E-state index in [4.69, 9.17) is 18.3 Å². The molecule has 7 nitrogen and oxygen atoms in total. The predicted molar refractivity (Wildman–Crippen MR) is 82.3 cm³/mol. The molecule has 0 saturated heterocycles. The summed E-state index contributed by atoms with van der Waals surface area (Å²) in [5, 5.41) is 0. The summed E-state index contributed by atoms with van der Waals surface area (Å²) >= 11 is 0. The van der Waals surface area contributed by atoms with Crippen molar-refractivity contribution in [3.05, 3.63) is 58.0 Å². The Kier molecular flexibility index (Phi) is 5.23. The molecular formula is C17H18O7. The highest BCUT2D eigenvalue weighted by Crippen LogP contribution is 2.31. The lowest BCUT2D eigenvalue weighted by molar-refractivity contribution is -0.169. The van der Waals surface area contributed by atoms with Crippen LogP contribution < -0.4 is 5.63 Å². The van der Waals surface area contributed by atoms with E-state index in [0.29, 0.717) is 11.3 Å². The Bertz CT molecular complexity index is 754. The molecule has 0 radical (unpaired) electrons. The molecule has 0 atom stereocenters. The summed E-state index contributed by atoms with van der Waals surface area (Å²) in [4.78, 5) is 36.5. The molecule has 0 saturated carbocycles. The molecule has 0 bridgehead atoms. The van der Waals surface area contributed by atoms with Crippen LogP contribution in [0, 0.1) is 12.3 Å². The van der Waals surface area contributed by atoms with Crippen molar-refractivity contribution in [2.45, 2.75) is 19.8 Å². The molecule has 0 aromatic carbocycles. The molecule has 24 heavy (non-hydrogen) atoms. The van der Waals surface area contributed by atoms with Crippen molar-refractivity contribution in [2.75, 3.05) is 14.2 Å². The number of hydrogen-bond donors (Lipinski definition) is 0. The highest BCUT2D eigenvalue weighted by molar-refractivity contribution is 6.00. The second-order valence-electron chi connectivity index (χ2n) is 5.42. The minimum atomic E-state index is -1.72. The molecule has 0 aliphatic rings. The van der Waals surface area contributed by atoms with E-state index in [0.717, 1.165) is 0 Å². The van der Waals surface area contributed by atoms with Gasteiger partial charge in [0, 0.05) is 18.9 Å². The van der Waals surface area contributed by atoms with Crippen LogP contribution in [0.15, 0.2) is 44.2 Å². The summed E-state index contributed by atoms with van der Waals surface area (Å²) in [5.41, 5.74) is -1.63. The Labute approximate surface area is 138 Å². The summed E-state index contributed by atoms with van der Waals surface area (Å²) in [7, 11) is 2.35. The first kappa shape index (κ1) is 17.5. The molecule has 0 amide bonds. The van der Waals surface area contributed by atoms with Gasteiger partial charge in [-0.25, -0.2) is 4.79 Å². The minimum absolute atomic E-state index is 0.0863. The molecule has 2 aromatic heterocycles. The Hall–Kier alpha value is -2.83. The van der Waals surface area contributed by atoms with Crippen LogP contribution in [-0.4, -0.2) is 26.2 Å². The average molecular weight is 334 g/mol. The van der Waals surface area contributed by atoms with Gasteiger partial charge in [-0.15, -0.1) is 0 Å². The van der Waals surface area contributed by atoms with E-state index in [2.05, 4.69) is 0 Å². The van der Waals surface area contributed by atoms with Crippen molar-refractivity contribution in [1.82, 2.24) is 0 Å². The lowest BCUT2D eigenvalue weighted by Gasteiger charge is -2.26. The maximum Gasteiger partial charge on any atom is 0.336 e. The summed E-state index contributed by atoms with van der Waals surface area (Å²) in [6, 6.07) is 6.17. The van der Waals surface area contributed by atoms with E-state index in [-0.39, 0.29) is 18.6 Å². The van der Waals surface area contributed by atoms with Gasteiger partial charge in [0.25, 0.3) is 0 Å². The number of carbonyl (C=O) groups is 2. The number of hydrogen-bond acceptors (Lipinski definition) is 7. The minimum Gasteiger partial charge on any atom is -0.469 e. The van der Waals surface area contributed by atoms with Crippen LogP contribution in [-0.2, 0) is 31.9 Å².